The summed E-state index contributed by atoms with van der Waals surface area (Å²) >= 11 is 0. The molecule has 88 valence electrons. The highest BCUT2D eigenvalue weighted by molar-refractivity contribution is 6.20. The number of rotatable bonds is 2. The number of aromatic nitrogens is 1. The van der Waals surface area contributed by atoms with Crippen molar-refractivity contribution in [2.75, 3.05) is 6.54 Å². The topological polar surface area (TPSA) is 76.3 Å². The lowest BCUT2D eigenvalue weighted by Gasteiger charge is -2.40. The third-order valence-electron chi connectivity index (χ3n) is 3.55. The van der Waals surface area contributed by atoms with Crippen molar-refractivity contribution in [1.29, 1.82) is 0 Å². The van der Waals surface area contributed by atoms with Gasteiger partial charge in [-0.15, -0.1) is 0 Å². The van der Waals surface area contributed by atoms with E-state index in [9.17, 15) is 9.59 Å². The Bertz CT molecular complexity index is 473. The van der Waals surface area contributed by atoms with E-state index in [2.05, 4.69) is 4.98 Å². The molecule has 0 atom stereocenters. The van der Waals surface area contributed by atoms with Gasteiger partial charge in [0.05, 0.1) is 5.56 Å². The third-order valence-corrected chi connectivity index (χ3v) is 3.55. The maximum absolute atomic E-state index is 12.0. The molecule has 0 aromatic carbocycles. The molecule has 0 unspecified atom stereocenters. The minimum Gasteiger partial charge on any atom is -0.324 e. The van der Waals surface area contributed by atoms with Crippen molar-refractivity contribution in [2.24, 2.45) is 5.73 Å². The van der Waals surface area contributed by atoms with Gasteiger partial charge in [-0.1, -0.05) is 0 Å². The van der Waals surface area contributed by atoms with Gasteiger partial charge in [-0.25, -0.2) is 0 Å². The standard InChI is InChI=1S/C12H13N3O2/c13-12(4-2-5-12)7-15-10(16)8-3-1-6-14-9(8)11(15)17/h1,3,6H,2,4-5,7,13H2. The Kier molecular flexibility index (Phi) is 2.06. The molecule has 0 saturated heterocycles. The fourth-order valence-corrected chi connectivity index (χ4v) is 2.36. The second-order valence-corrected chi connectivity index (χ2v) is 4.81. The molecule has 3 rings (SSSR count). The summed E-state index contributed by atoms with van der Waals surface area (Å²) in [6, 6.07) is 3.29. The summed E-state index contributed by atoms with van der Waals surface area (Å²) in [5.41, 5.74) is 6.33. The molecule has 2 heterocycles. The third kappa shape index (κ3) is 1.46. The molecule has 1 fully saturated rings. The van der Waals surface area contributed by atoms with Gasteiger partial charge in [0.15, 0.2) is 0 Å². The number of hydrogen-bond donors (Lipinski definition) is 1. The van der Waals surface area contributed by atoms with Crippen LogP contribution in [0.3, 0.4) is 0 Å². The van der Waals surface area contributed by atoms with Gasteiger partial charge in [0, 0.05) is 18.3 Å². The van der Waals surface area contributed by atoms with Gasteiger partial charge < -0.3 is 5.73 Å². The van der Waals surface area contributed by atoms with Crippen LogP contribution in [0.1, 0.15) is 40.1 Å². The Morgan fingerprint density at radius 3 is 2.71 bits per heavy atom. The van der Waals surface area contributed by atoms with Crippen LogP contribution in [0.25, 0.3) is 0 Å². The molecule has 1 aromatic rings. The number of carbonyl (C=O) groups is 2. The molecule has 1 aliphatic heterocycles. The summed E-state index contributed by atoms with van der Waals surface area (Å²) in [5, 5.41) is 0. The molecule has 1 saturated carbocycles. The molecule has 0 bridgehead atoms. The first kappa shape index (κ1) is 10.4. The van der Waals surface area contributed by atoms with Crippen LogP contribution in [-0.2, 0) is 0 Å². The second kappa shape index (κ2) is 3.37. The van der Waals surface area contributed by atoms with Crippen LogP contribution < -0.4 is 5.73 Å². The van der Waals surface area contributed by atoms with Gasteiger partial charge in [-0.2, -0.15) is 0 Å². The van der Waals surface area contributed by atoms with Crippen molar-refractivity contribution in [3.8, 4) is 0 Å². The van der Waals surface area contributed by atoms with E-state index in [0.717, 1.165) is 19.3 Å². The zero-order chi connectivity index (χ0) is 12.0. The Hall–Kier alpha value is -1.75. The van der Waals surface area contributed by atoms with Gasteiger partial charge in [-0.05, 0) is 31.4 Å². The van der Waals surface area contributed by atoms with Crippen molar-refractivity contribution in [1.82, 2.24) is 9.88 Å². The Labute approximate surface area is 98.6 Å². The van der Waals surface area contributed by atoms with Gasteiger partial charge in [-0.3, -0.25) is 19.5 Å². The monoisotopic (exact) mass is 231 g/mol. The summed E-state index contributed by atoms with van der Waals surface area (Å²) in [6.07, 6.45) is 4.33. The van der Waals surface area contributed by atoms with Crippen molar-refractivity contribution < 1.29 is 9.59 Å². The number of nitrogens with two attached hydrogens (primary N) is 1. The normalized spacial score (nSPS) is 21.4. The number of imide groups is 1. The molecule has 17 heavy (non-hydrogen) atoms. The van der Waals surface area contributed by atoms with Crippen LogP contribution in [0.2, 0.25) is 0 Å². The van der Waals surface area contributed by atoms with E-state index < -0.39 is 0 Å². The lowest BCUT2D eigenvalue weighted by molar-refractivity contribution is 0.0571. The van der Waals surface area contributed by atoms with Crippen LogP contribution in [0.15, 0.2) is 18.3 Å². The molecule has 1 aliphatic carbocycles. The molecular formula is C12H13N3O2. The minimum absolute atomic E-state index is 0.250. The Balaban J connectivity index is 1.90. The molecule has 2 amide bonds. The predicted octanol–water partition coefficient (Wildman–Crippen LogP) is 0.559. The highest BCUT2D eigenvalue weighted by Gasteiger charge is 2.43. The summed E-state index contributed by atoms with van der Waals surface area (Å²) in [7, 11) is 0. The number of pyridine rings is 1. The highest BCUT2D eigenvalue weighted by Crippen LogP contribution is 2.32. The summed E-state index contributed by atoms with van der Waals surface area (Å²) in [6.45, 7) is 0.307. The zero-order valence-corrected chi connectivity index (χ0v) is 9.35. The van der Waals surface area contributed by atoms with Crippen LogP contribution in [0, 0.1) is 0 Å². The highest BCUT2D eigenvalue weighted by atomic mass is 16.2. The lowest BCUT2D eigenvalue weighted by atomic mass is 9.77. The van der Waals surface area contributed by atoms with E-state index in [1.807, 2.05) is 0 Å². The van der Waals surface area contributed by atoms with Crippen molar-refractivity contribution in [3.63, 3.8) is 0 Å². The molecule has 0 radical (unpaired) electrons. The molecule has 0 spiro atoms. The van der Waals surface area contributed by atoms with Crippen LogP contribution >= 0.6 is 0 Å². The average Bonchev–Trinajstić information content (AvgIpc) is 2.53. The van der Waals surface area contributed by atoms with Gasteiger partial charge in [0.2, 0.25) is 0 Å². The number of hydrogen-bond acceptors (Lipinski definition) is 4. The SMILES string of the molecule is NC1(CN2C(=O)c3cccnc3C2=O)CCC1. The fourth-order valence-electron chi connectivity index (χ4n) is 2.36. The molecule has 5 nitrogen and oxygen atoms in total. The maximum Gasteiger partial charge on any atom is 0.280 e. The number of amides is 2. The first-order valence-electron chi connectivity index (χ1n) is 5.71. The summed E-state index contributed by atoms with van der Waals surface area (Å²) in [4.78, 5) is 29.2. The Morgan fingerprint density at radius 2 is 2.12 bits per heavy atom. The predicted molar refractivity (Wildman–Crippen MR) is 60.4 cm³/mol. The lowest BCUT2D eigenvalue weighted by Crippen LogP contribution is -2.56. The van der Waals surface area contributed by atoms with E-state index in [0.29, 0.717) is 12.1 Å². The van der Waals surface area contributed by atoms with Crippen molar-refractivity contribution in [2.45, 2.75) is 24.8 Å². The van der Waals surface area contributed by atoms with Crippen LogP contribution in [0.5, 0.6) is 0 Å². The summed E-state index contributed by atoms with van der Waals surface area (Å²) < 4.78 is 0. The van der Waals surface area contributed by atoms with E-state index >= 15 is 0 Å². The molecular weight excluding hydrogens is 218 g/mol. The van der Waals surface area contributed by atoms with E-state index in [-0.39, 0.29) is 23.0 Å². The average molecular weight is 231 g/mol. The van der Waals surface area contributed by atoms with Crippen molar-refractivity contribution >= 4 is 11.8 Å². The van der Waals surface area contributed by atoms with Gasteiger partial charge >= 0.3 is 0 Å². The van der Waals surface area contributed by atoms with Crippen LogP contribution in [-0.4, -0.2) is 33.8 Å². The van der Waals surface area contributed by atoms with Crippen LogP contribution in [0.4, 0.5) is 0 Å². The Morgan fingerprint density at radius 1 is 1.35 bits per heavy atom. The largest absolute Gasteiger partial charge is 0.324 e. The minimum atomic E-state index is -0.382. The molecule has 2 N–H and O–H groups in total. The first-order valence-corrected chi connectivity index (χ1v) is 5.71. The van der Waals surface area contributed by atoms with E-state index in [1.54, 1.807) is 12.1 Å². The van der Waals surface area contributed by atoms with Gasteiger partial charge in [0.25, 0.3) is 11.8 Å². The molecule has 1 aromatic heterocycles. The van der Waals surface area contributed by atoms with Crippen molar-refractivity contribution in [3.05, 3.63) is 29.6 Å². The zero-order valence-electron chi connectivity index (χ0n) is 9.35. The number of fused-ring (bicyclic) bond motifs is 1. The van der Waals surface area contributed by atoms with Gasteiger partial charge in [0.1, 0.15) is 5.69 Å². The molecule has 5 heteroatoms. The first-order chi connectivity index (χ1) is 8.11. The van der Waals surface area contributed by atoms with E-state index in [1.165, 1.54) is 11.1 Å². The number of carbonyl (C=O) groups excluding carboxylic acids is 2. The van der Waals surface area contributed by atoms with E-state index in [4.69, 9.17) is 5.73 Å². The quantitative estimate of drug-likeness (QED) is 0.754. The fraction of sp³-hybridized carbons (Fsp3) is 0.417. The second-order valence-electron chi connectivity index (χ2n) is 4.81. The summed E-state index contributed by atoms with van der Waals surface area (Å²) in [5.74, 6) is -0.586. The maximum atomic E-state index is 12.0. The number of nitrogens with zero attached hydrogens (tertiary/aromatic N) is 2. The smallest absolute Gasteiger partial charge is 0.280 e. The molecule has 2 aliphatic rings.